The largest absolute Gasteiger partial charge is 0.325 e. The summed E-state index contributed by atoms with van der Waals surface area (Å²) in [6.07, 6.45) is 0.346. The second kappa shape index (κ2) is 2.26. The van der Waals surface area contributed by atoms with E-state index in [1.165, 1.54) is 24.3 Å². The first-order chi connectivity index (χ1) is 5.63. The van der Waals surface area contributed by atoms with E-state index in [4.69, 9.17) is 5.73 Å². The predicted molar refractivity (Wildman–Crippen MR) is 41.8 cm³/mol. The van der Waals surface area contributed by atoms with Gasteiger partial charge in [-0.15, -0.1) is 0 Å². The summed E-state index contributed by atoms with van der Waals surface area (Å²) < 4.78 is 25.9. The van der Waals surface area contributed by atoms with Crippen LogP contribution in [-0.4, -0.2) is 6.04 Å². The molecule has 1 aliphatic carbocycles. The van der Waals surface area contributed by atoms with Gasteiger partial charge in [-0.1, -0.05) is 12.1 Å². The molecular formula is C9H9F2N. The van der Waals surface area contributed by atoms with Crippen molar-refractivity contribution < 1.29 is 8.78 Å². The molecule has 0 saturated heterocycles. The van der Waals surface area contributed by atoms with Gasteiger partial charge in [0.1, 0.15) is 5.82 Å². The highest BCUT2D eigenvalue weighted by Gasteiger charge is 2.54. The third-order valence-electron chi connectivity index (χ3n) is 2.27. The lowest BCUT2D eigenvalue weighted by Crippen LogP contribution is -2.12. The van der Waals surface area contributed by atoms with Crippen LogP contribution in [0.2, 0.25) is 0 Å². The van der Waals surface area contributed by atoms with Gasteiger partial charge in [-0.25, -0.2) is 8.78 Å². The molecule has 1 saturated carbocycles. The molecule has 0 bridgehead atoms. The Labute approximate surface area is 69.2 Å². The SMILES string of the molecule is N[C@@H]1C[C@@]1(F)c1ccc(F)cc1. The molecule has 0 spiro atoms. The summed E-state index contributed by atoms with van der Waals surface area (Å²) >= 11 is 0. The van der Waals surface area contributed by atoms with Crippen molar-refractivity contribution in [2.45, 2.75) is 18.1 Å². The van der Waals surface area contributed by atoms with E-state index in [2.05, 4.69) is 0 Å². The minimum atomic E-state index is -1.40. The molecule has 1 aromatic rings. The Balaban J connectivity index is 2.31. The molecule has 3 heteroatoms. The minimum absolute atomic E-state index is 0.346. The maximum atomic E-state index is 13.5. The van der Waals surface area contributed by atoms with E-state index in [-0.39, 0.29) is 5.82 Å². The van der Waals surface area contributed by atoms with Gasteiger partial charge < -0.3 is 5.73 Å². The van der Waals surface area contributed by atoms with Crippen LogP contribution in [0.25, 0.3) is 0 Å². The predicted octanol–water partition coefficient (Wildman–Crippen LogP) is 1.72. The van der Waals surface area contributed by atoms with E-state index >= 15 is 0 Å². The second-order valence-corrected chi connectivity index (χ2v) is 3.18. The molecule has 0 aliphatic heterocycles. The van der Waals surface area contributed by atoms with Crippen LogP contribution in [0.1, 0.15) is 12.0 Å². The van der Waals surface area contributed by atoms with E-state index < -0.39 is 11.7 Å². The van der Waals surface area contributed by atoms with Gasteiger partial charge in [0, 0.05) is 12.5 Å². The third kappa shape index (κ3) is 1.01. The standard InChI is InChI=1S/C9H9F2N/c10-7-3-1-6(2-4-7)9(11)5-8(9)12/h1-4,8H,5,12H2/t8-,9-/m1/s1. The first-order valence-corrected chi connectivity index (χ1v) is 3.83. The van der Waals surface area contributed by atoms with Gasteiger partial charge in [0.2, 0.25) is 0 Å². The number of halogens is 2. The van der Waals surface area contributed by atoms with E-state index in [0.29, 0.717) is 12.0 Å². The van der Waals surface area contributed by atoms with E-state index in [9.17, 15) is 8.78 Å². The first kappa shape index (κ1) is 7.68. The molecule has 1 aromatic carbocycles. The number of alkyl halides is 1. The molecular weight excluding hydrogens is 160 g/mol. The molecule has 1 aliphatic rings. The van der Waals surface area contributed by atoms with Gasteiger partial charge in [-0.2, -0.15) is 0 Å². The number of nitrogens with two attached hydrogens (primary N) is 1. The van der Waals surface area contributed by atoms with Crippen molar-refractivity contribution in [3.8, 4) is 0 Å². The molecule has 12 heavy (non-hydrogen) atoms. The molecule has 0 radical (unpaired) electrons. The van der Waals surface area contributed by atoms with Gasteiger partial charge in [-0.05, 0) is 17.7 Å². The number of rotatable bonds is 1. The molecule has 2 rings (SSSR count). The lowest BCUT2D eigenvalue weighted by atomic mass is 10.1. The van der Waals surface area contributed by atoms with Crippen molar-refractivity contribution in [2.24, 2.45) is 5.73 Å². The van der Waals surface area contributed by atoms with Crippen molar-refractivity contribution in [1.82, 2.24) is 0 Å². The zero-order chi connectivity index (χ0) is 8.77. The van der Waals surface area contributed by atoms with Crippen molar-refractivity contribution >= 4 is 0 Å². The highest BCUT2D eigenvalue weighted by molar-refractivity contribution is 5.31. The van der Waals surface area contributed by atoms with Crippen molar-refractivity contribution in [2.75, 3.05) is 0 Å². The summed E-state index contributed by atoms with van der Waals surface area (Å²) in [4.78, 5) is 0. The maximum Gasteiger partial charge on any atom is 0.152 e. The van der Waals surface area contributed by atoms with E-state index in [0.717, 1.165) is 0 Å². The van der Waals surface area contributed by atoms with Gasteiger partial charge in [0.25, 0.3) is 0 Å². The Bertz CT molecular complexity index is 296. The van der Waals surface area contributed by atoms with Gasteiger partial charge in [0.15, 0.2) is 5.67 Å². The molecule has 64 valence electrons. The Kier molecular flexibility index (Phi) is 1.45. The zero-order valence-electron chi connectivity index (χ0n) is 6.43. The highest BCUT2D eigenvalue weighted by atomic mass is 19.1. The number of hydrogen-bond acceptors (Lipinski definition) is 1. The minimum Gasteiger partial charge on any atom is -0.325 e. The fourth-order valence-electron chi connectivity index (χ4n) is 1.32. The summed E-state index contributed by atoms with van der Waals surface area (Å²) in [7, 11) is 0. The summed E-state index contributed by atoms with van der Waals surface area (Å²) in [5, 5.41) is 0. The Morgan fingerprint density at radius 1 is 1.33 bits per heavy atom. The summed E-state index contributed by atoms with van der Waals surface area (Å²) in [5.41, 5.74) is 4.49. The Morgan fingerprint density at radius 2 is 1.83 bits per heavy atom. The highest BCUT2D eigenvalue weighted by Crippen LogP contribution is 2.48. The fraction of sp³-hybridized carbons (Fsp3) is 0.333. The molecule has 0 aromatic heterocycles. The smallest absolute Gasteiger partial charge is 0.152 e. The Morgan fingerprint density at radius 3 is 2.25 bits per heavy atom. The lowest BCUT2D eigenvalue weighted by Gasteiger charge is -2.04. The fourth-order valence-corrected chi connectivity index (χ4v) is 1.32. The Hall–Kier alpha value is -0.960. The van der Waals surface area contributed by atoms with Crippen LogP contribution in [0, 0.1) is 5.82 Å². The monoisotopic (exact) mass is 169 g/mol. The summed E-state index contributed by atoms with van der Waals surface area (Å²) in [5.74, 6) is -0.350. The molecule has 0 amide bonds. The van der Waals surface area contributed by atoms with Gasteiger partial charge in [-0.3, -0.25) is 0 Å². The van der Waals surface area contributed by atoms with E-state index in [1.54, 1.807) is 0 Å². The lowest BCUT2D eigenvalue weighted by molar-refractivity contribution is 0.306. The molecule has 1 nitrogen and oxygen atoms in total. The average Bonchev–Trinajstić information content (AvgIpc) is 2.62. The maximum absolute atomic E-state index is 13.5. The molecule has 1 fully saturated rings. The number of hydrogen-bond donors (Lipinski definition) is 1. The number of benzene rings is 1. The van der Waals surface area contributed by atoms with Crippen LogP contribution in [0.4, 0.5) is 8.78 Å². The molecule has 0 unspecified atom stereocenters. The summed E-state index contributed by atoms with van der Waals surface area (Å²) in [6.45, 7) is 0. The molecule has 2 N–H and O–H groups in total. The van der Waals surface area contributed by atoms with Gasteiger partial charge in [0.05, 0.1) is 0 Å². The molecule has 0 heterocycles. The quantitative estimate of drug-likeness (QED) is 0.680. The van der Waals surface area contributed by atoms with E-state index in [1.807, 2.05) is 0 Å². The third-order valence-corrected chi connectivity index (χ3v) is 2.27. The van der Waals surface area contributed by atoms with Crippen LogP contribution in [-0.2, 0) is 5.67 Å². The van der Waals surface area contributed by atoms with Crippen LogP contribution < -0.4 is 5.73 Å². The van der Waals surface area contributed by atoms with Crippen LogP contribution in [0.3, 0.4) is 0 Å². The van der Waals surface area contributed by atoms with Crippen LogP contribution >= 0.6 is 0 Å². The zero-order valence-corrected chi connectivity index (χ0v) is 6.43. The molecule has 2 atom stereocenters. The average molecular weight is 169 g/mol. The van der Waals surface area contributed by atoms with Crippen LogP contribution in [0.5, 0.6) is 0 Å². The van der Waals surface area contributed by atoms with Crippen molar-refractivity contribution in [3.05, 3.63) is 35.6 Å². The first-order valence-electron chi connectivity index (χ1n) is 3.83. The van der Waals surface area contributed by atoms with Crippen molar-refractivity contribution in [3.63, 3.8) is 0 Å². The normalized spacial score (nSPS) is 33.4. The van der Waals surface area contributed by atoms with Crippen LogP contribution in [0.15, 0.2) is 24.3 Å². The topological polar surface area (TPSA) is 26.0 Å². The van der Waals surface area contributed by atoms with Gasteiger partial charge >= 0.3 is 0 Å². The second-order valence-electron chi connectivity index (χ2n) is 3.18. The van der Waals surface area contributed by atoms with Crippen molar-refractivity contribution in [1.29, 1.82) is 0 Å². The summed E-state index contributed by atoms with van der Waals surface area (Å²) in [6, 6.07) is 4.98.